The lowest BCUT2D eigenvalue weighted by Gasteiger charge is -2.30. The maximum atomic E-state index is 13.3. The minimum Gasteiger partial charge on any atom is -0.283 e. The van der Waals surface area contributed by atoms with Crippen LogP contribution in [0.5, 0.6) is 0 Å². The molecule has 1 aromatic carbocycles. The minimum atomic E-state index is 0.0730. The van der Waals surface area contributed by atoms with Crippen LogP contribution in [0.1, 0.15) is 48.9 Å². The van der Waals surface area contributed by atoms with E-state index in [4.69, 9.17) is 4.99 Å². The van der Waals surface area contributed by atoms with Crippen molar-refractivity contribution in [1.29, 1.82) is 0 Å². The first kappa shape index (κ1) is 18.9. The van der Waals surface area contributed by atoms with E-state index in [0.29, 0.717) is 5.82 Å². The molecule has 28 heavy (non-hydrogen) atoms. The topological polar surface area (TPSA) is 45.6 Å². The van der Waals surface area contributed by atoms with E-state index in [-0.39, 0.29) is 11.9 Å². The van der Waals surface area contributed by atoms with E-state index < -0.39 is 0 Å². The number of hydrogen-bond donors (Lipinski definition) is 0. The number of thioether (sulfide) groups is 1. The quantitative estimate of drug-likeness (QED) is 0.637. The van der Waals surface area contributed by atoms with E-state index in [1.54, 1.807) is 0 Å². The van der Waals surface area contributed by atoms with Gasteiger partial charge < -0.3 is 0 Å². The number of aliphatic imine (C=N–C) groups is 1. The average Bonchev–Trinajstić information content (AvgIpc) is 2.99. The van der Waals surface area contributed by atoms with Crippen molar-refractivity contribution in [2.45, 2.75) is 52.0 Å². The summed E-state index contributed by atoms with van der Waals surface area (Å²) in [5.74, 6) is 0.733. The fourth-order valence-electron chi connectivity index (χ4n) is 3.73. The van der Waals surface area contributed by atoms with Gasteiger partial charge in [0.1, 0.15) is 0 Å². The number of aromatic nitrogens is 1. The van der Waals surface area contributed by atoms with Crippen LogP contribution in [0.25, 0.3) is 6.08 Å². The van der Waals surface area contributed by atoms with Crippen LogP contribution in [0.4, 0.5) is 5.82 Å². The standard InChI is InChI=1S/C23H25N3OS/c1-16-11-13-18(14-12-16)15-20-22(27)26(19-8-4-3-5-9-19)23(28-20)25-21-10-6-7-17(2)24-21/h6-7,10-15,19H,3-5,8-9H2,1-2H3/b20-15-,25-23+. The van der Waals surface area contributed by atoms with E-state index in [1.807, 2.05) is 36.1 Å². The van der Waals surface area contributed by atoms with E-state index >= 15 is 0 Å². The summed E-state index contributed by atoms with van der Waals surface area (Å²) in [6.45, 7) is 4.02. The SMILES string of the molecule is Cc1ccc(/C=C2\S/C(=N/c3cccc(C)n3)N(C3CCCCC3)C2=O)cc1. The van der Waals surface area contributed by atoms with Gasteiger partial charge in [0.2, 0.25) is 0 Å². The van der Waals surface area contributed by atoms with Gasteiger partial charge in [-0.05, 0) is 62.2 Å². The molecule has 2 aromatic rings. The fraction of sp³-hybridized carbons (Fsp3) is 0.348. The smallest absolute Gasteiger partial charge is 0.267 e. The van der Waals surface area contributed by atoms with Gasteiger partial charge in [-0.3, -0.25) is 9.69 Å². The van der Waals surface area contributed by atoms with Crippen molar-refractivity contribution in [2.24, 2.45) is 4.99 Å². The van der Waals surface area contributed by atoms with Crippen molar-refractivity contribution < 1.29 is 4.79 Å². The third-order valence-corrected chi connectivity index (χ3v) is 6.22. The second-order valence-corrected chi connectivity index (χ2v) is 8.53. The van der Waals surface area contributed by atoms with Gasteiger partial charge >= 0.3 is 0 Å². The lowest BCUT2D eigenvalue weighted by Crippen LogP contribution is -2.40. The number of benzene rings is 1. The summed E-state index contributed by atoms with van der Waals surface area (Å²) in [7, 11) is 0. The van der Waals surface area contributed by atoms with Crippen molar-refractivity contribution in [3.05, 3.63) is 64.2 Å². The molecular formula is C23H25N3OS. The number of nitrogens with zero attached hydrogens (tertiary/aromatic N) is 3. The Kier molecular flexibility index (Phi) is 5.62. The van der Waals surface area contributed by atoms with E-state index in [0.717, 1.165) is 34.2 Å². The van der Waals surface area contributed by atoms with Gasteiger partial charge in [-0.2, -0.15) is 0 Å². The lowest BCUT2D eigenvalue weighted by atomic mass is 9.94. The van der Waals surface area contributed by atoms with Gasteiger partial charge in [0.15, 0.2) is 11.0 Å². The fourth-order valence-corrected chi connectivity index (χ4v) is 4.78. The molecule has 1 aromatic heterocycles. The molecule has 0 radical (unpaired) electrons. The van der Waals surface area contributed by atoms with Gasteiger partial charge in [-0.1, -0.05) is 55.2 Å². The third-order valence-electron chi connectivity index (χ3n) is 5.24. The molecule has 0 bridgehead atoms. The number of carbonyl (C=O) groups is 1. The Morgan fingerprint density at radius 2 is 1.82 bits per heavy atom. The van der Waals surface area contributed by atoms with Gasteiger partial charge in [-0.25, -0.2) is 9.98 Å². The zero-order valence-corrected chi connectivity index (χ0v) is 17.2. The van der Waals surface area contributed by atoms with Gasteiger partial charge in [-0.15, -0.1) is 0 Å². The molecule has 5 heteroatoms. The van der Waals surface area contributed by atoms with Crippen molar-refractivity contribution in [1.82, 2.24) is 9.88 Å². The van der Waals surface area contributed by atoms with Crippen molar-refractivity contribution in [2.75, 3.05) is 0 Å². The normalized spacial score (nSPS) is 21.1. The summed E-state index contributed by atoms with van der Waals surface area (Å²) in [6.07, 6.45) is 7.67. The number of aryl methyl sites for hydroxylation is 2. The number of amidine groups is 1. The zero-order valence-electron chi connectivity index (χ0n) is 16.4. The van der Waals surface area contributed by atoms with Crippen LogP contribution in [0.15, 0.2) is 52.4 Å². The molecule has 4 rings (SSSR count). The van der Waals surface area contributed by atoms with Crippen molar-refractivity contribution in [3.63, 3.8) is 0 Å². The van der Waals surface area contributed by atoms with Gasteiger partial charge in [0.25, 0.3) is 5.91 Å². The molecule has 4 nitrogen and oxygen atoms in total. The Bertz CT molecular complexity index is 927. The highest BCUT2D eigenvalue weighted by Gasteiger charge is 2.38. The molecule has 1 amide bonds. The van der Waals surface area contributed by atoms with E-state index in [9.17, 15) is 4.79 Å². The molecule has 1 saturated heterocycles. The summed E-state index contributed by atoms with van der Waals surface area (Å²) in [5, 5.41) is 0.758. The molecule has 2 aliphatic rings. The molecule has 1 aliphatic heterocycles. The van der Waals surface area contributed by atoms with Crippen LogP contribution < -0.4 is 0 Å². The summed E-state index contributed by atoms with van der Waals surface area (Å²) in [5.41, 5.74) is 3.18. The summed E-state index contributed by atoms with van der Waals surface area (Å²) >= 11 is 1.47. The monoisotopic (exact) mass is 391 g/mol. The zero-order chi connectivity index (χ0) is 19.5. The van der Waals surface area contributed by atoms with Crippen LogP contribution in [0.3, 0.4) is 0 Å². The third kappa shape index (κ3) is 4.20. The van der Waals surface area contributed by atoms with E-state index in [1.165, 1.54) is 36.6 Å². The van der Waals surface area contributed by atoms with Crippen LogP contribution in [0, 0.1) is 13.8 Å². The second-order valence-electron chi connectivity index (χ2n) is 7.52. The highest BCUT2D eigenvalue weighted by Crippen LogP contribution is 2.38. The predicted molar refractivity (Wildman–Crippen MR) is 117 cm³/mol. The Hall–Kier alpha value is -2.40. The molecule has 0 N–H and O–H groups in total. The number of hydrogen-bond acceptors (Lipinski definition) is 4. The van der Waals surface area contributed by atoms with Gasteiger partial charge in [0, 0.05) is 11.7 Å². The van der Waals surface area contributed by atoms with Crippen LogP contribution in [-0.4, -0.2) is 27.0 Å². The first-order valence-corrected chi connectivity index (χ1v) is 10.7. The Balaban J connectivity index is 1.69. The van der Waals surface area contributed by atoms with Crippen LogP contribution >= 0.6 is 11.8 Å². The summed E-state index contributed by atoms with van der Waals surface area (Å²) in [4.78, 5) is 25.2. The van der Waals surface area contributed by atoms with Crippen molar-refractivity contribution in [3.8, 4) is 0 Å². The minimum absolute atomic E-state index is 0.0730. The molecule has 0 spiro atoms. The summed E-state index contributed by atoms with van der Waals surface area (Å²) in [6, 6.07) is 14.3. The largest absolute Gasteiger partial charge is 0.283 e. The van der Waals surface area contributed by atoms with Crippen molar-refractivity contribution >= 4 is 34.7 Å². The second kappa shape index (κ2) is 8.31. The molecule has 144 valence electrons. The Labute approximate surface area is 170 Å². The van der Waals surface area contributed by atoms with E-state index in [2.05, 4.69) is 36.2 Å². The molecule has 1 aliphatic carbocycles. The van der Waals surface area contributed by atoms with Gasteiger partial charge in [0.05, 0.1) is 4.91 Å². The number of rotatable bonds is 3. The molecule has 0 atom stereocenters. The first-order valence-electron chi connectivity index (χ1n) is 9.92. The maximum absolute atomic E-state index is 13.3. The highest BCUT2D eigenvalue weighted by molar-refractivity contribution is 8.18. The predicted octanol–water partition coefficient (Wildman–Crippen LogP) is 5.64. The molecule has 2 fully saturated rings. The lowest BCUT2D eigenvalue weighted by molar-refractivity contribution is -0.124. The number of amides is 1. The maximum Gasteiger partial charge on any atom is 0.267 e. The number of pyridine rings is 1. The molecular weight excluding hydrogens is 366 g/mol. The molecule has 2 heterocycles. The van der Waals surface area contributed by atoms with Crippen LogP contribution in [-0.2, 0) is 4.79 Å². The Morgan fingerprint density at radius 1 is 1.07 bits per heavy atom. The first-order chi connectivity index (χ1) is 13.6. The highest BCUT2D eigenvalue weighted by atomic mass is 32.2. The molecule has 0 unspecified atom stereocenters. The Morgan fingerprint density at radius 3 is 2.54 bits per heavy atom. The average molecular weight is 392 g/mol. The summed E-state index contributed by atoms with van der Waals surface area (Å²) < 4.78 is 0. The molecule has 1 saturated carbocycles. The number of carbonyl (C=O) groups excluding carboxylic acids is 1. The van der Waals surface area contributed by atoms with Crippen LogP contribution in [0.2, 0.25) is 0 Å².